The normalized spacial score (nSPS) is 16.5. The molecule has 1 fully saturated rings. The predicted molar refractivity (Wildman–Crippen MR) is 101 cm³/mol. The number of hydrogen-bond donors (Lipinski definition) is 1. The average molecular weight is 377 g/mol. The number of benzene rings is 2. The number of ketones is 2. The second-order valence-corrected chi connectivity index (χ2v) is 7.16. The third kappa shape index (κ3) is 3.11. The number of carbonyl (C=O) groups is 4. The van der Waals surface area contributed by atoms with Crippen LogP contribution in [0.1, 0.15) is 58.0 Å². The molecule has 0 spiro atoms. The van der Waals surface area contributed by atoms with Crippen molar-refractivity contribution >= 4 is 29.1 Å². The van der Waals surface area contributed by atoms with Gasteiger partial charge in [0.2, 0.25) is 0 Å². The Morgan fingerprint density at radius 3 is 2.18 bits per heavy atom. The van der Waals surface area contributed by atoms with Gasteiger partial charge in [-0.1, -0.05) is 30.7 Å². The number of hydrogen-bond acceptors (Lipinski definition) is 5. The molecule has 0 heterocycles. The quantitative estimate of drug-likeness (QED) is 0.706. The molecule has 0 unspecified atom stereocenters. The van der Waals surface area contributed by atoms with Gasteiger partial charge in [0.1, 0.15) is 0 Å². The molecule has 2 aliphatic rings. The molecule has 4 rings (SSSR count). The van der Waals surface area contributed by atoms with E-state index in [-0.39, 0.29) is 29.0 Å². The van der Waals surface area contributed by atoms with Crippen LogP contribution < -0.4 is 5.32 Å². The number of amides is 1. The van der Waals surface area contributed by atoms with Gasteiger partial charge in [0.05, 0.1) is 5.92 Å². The van der Waals surface area contributed by atoms with Gasteiger partial charge in [0, 0.05) is 27.9 Å². The van der Waals surface area contributed by atoms with Crippen LogP contribution in [0.15, 0.2) is 42.5 Å². The molecule has 0 radical (unpaired) electrons. The third-order valence-electron chi connectivity index (χ3n) is 5.29. The molecule has 1 saturated carbocycles. The molecule has 28 heavy (non-hydrogen) atoms. The number of fused-ring (bicyclic) bond motifs is 2. The van der Waals surface area contributed by atoms with Crippen LogP contribution in [0.5, 0.6) is 0 Å². The minimum Gasteiger partial charge on any atom is -0.452 e. The van der Waals surface area contributed by atoms with Crippen molar-refractivity contribution in [3.8, 4) is 0 Å². The summed E-state index contributed by atoms with van der Waals surface area (Å²) in [6, 6.07) is 11.3. The SMILES string of the molecule is C[C@@H](OC(=O)C1CCC1)C(=O)Nc1ccc2c(c1)C(=O)c1ccccc1C2=O. The van der Waals surface area contributed by atoms with E-state index in [1.54, 1.807) is 30.3 Å². The van der Waals surface area contributed by atoms with E-state index in [0.717, 1.165) is 19.3 Å². The smallest absolute Gasteiger partial charge is 0.309 e. The Balaban J connectivity index is 1.51. The lowest BCUT2D eigenvalue weighted by molar-refractivity contribution is -0.159. The van der Waals surface area contributed by atoms with Crippen molar-refractivity contribution in [2.24, 2.45) is 5.92 Å². The lowest BCUT2D eigenvalue weighted by atomic mass is 9.84. The van der Waals surface area contributed by atoms with Gasteiger partial charge in [0.25, 0.3) is 5.91 Å². The van der Waals surface area contributed by atoms with E-state index < -0.39 is 12.0 Å². The molecule has 1 amide bonds. The molecule has 0 aromatic heterocycles. The van der Waals surface area contributed by atoms with E-state index in [0.29, 0.717) is 22.4 Å². The maximum Gasteiger partial charge on any atom is 0.309 e. The summed E-state index contributed by atoms with van der Waals surface area (Å²) in [6.07, 6.45) is 1.67. The summed E-state index contributed by atoms with van der Waals surface area (Å²) >= 11 is 0. The molecular weight excluding hydrogens is 358 g/mol. The van der Waals surface area contributed by atoms with Gasteiger partial charge in [-0.2, -0.15) is 0 Å². The molecular formula is C22H19NO5. The lowest BCUT2D eigenvalue weighted by Gasteiger charge is -2.25. The van der Waals surface area contributed by atoms with Gasteiger partial charge in [-0.15, -0.1) is 0 Å². The Morgan fingerprint density at radius 2 is 1.57 bits per heavy atom. The first-order valence-corrected chi connectivity index (χ1v) is 9.29. The number of ether oxygens (including phenoxy) is 1. The molecule has 0 saturated heterocycles. The predicted octanol–water partition coefficient (Wildman–Crippen LogP) is 3.13. The Hall–Kier alpha value is -3.28. The highest BCUT2D eigenvalue weighted by molar-refractivity contribution is 6.28. The highest BCUT2D eigenvalue weighted by Gasteiger charge is 2.31. The van der Waals surface area contributed by atoms with Crippen LogP contribution in [0.2, 0.25) is 0 Å². The van der Waals surface area contributed by atoms with Crippen molar-refractivity contribution in [1.29, 1.82) is 0 Å². The molecule has 0 bridgehead atoms. The van der Waals surface area contributed by atoms with Gasteiger partial charge in [-0.05, 0) is 38.0 Å². The lowest BCUT2D eigenvalue weighted by Crippen LogP contribution is -2.34. The van der Waals surface area contributed by atoms with Crippen LogP contribution >= 0.6 is 0 Å². The Morgan fingerprint density at radius 1 is 0.964 bits per heavy atom. The van der Waals surface area contributed by atoms with E-state index in [1.165, 1.54) is 19.1 Å². The first kappa shape index (κ1) is 18.1. The summed E-state index contributed by atoms with van der Waals surface area (Å²) in [6.45, 7) is 1.51. The molecule has 0 aliphatic heterocycles. The van der Waals surface area contributed by atoms with Crippen molar-refractivity contribution in [1.82, 2.24) is 0 Å². The van der Waals surface area contributed by atoms with E-state index in [2.05, 4.69) is 5.32 Å². The van der Waals surface area contributed by atoms with E-state index in [4.69, 9.17) is 4.74 Å². The third-order valence-corrected chi connectivity index (χ3v) is 5.29. The van der Waals surface area contributed by atoms with Crippen LogP contribution in [0.4, 0.5) is 5.69 Å². The Kier molecular flexibility index (Phi) is 4.55. The fourth-order valence-corrected chi connectivity index (χ4v) is 3.39. The number of esters is 1. The summed E-state index contributed by atoms with van der Waals surface area (Å²) in [7, 11) is 0. The number of anilines is 1. The highest BCUT2D eigenvalue weighted by Crippen LogP contribution is 2.30. The van der Waals surface area contributed by atoms with Crippen LogP contribution in [-0.4, -0.2) is 29.5 Å². The van der Waals surface area contributed by atoms with Crippen LogP contribution in [0.3, 0.4) is 0 Å². The molecule has 1 N–H and O–H groups in total. The Labute approximate surface area is 161 Å². The second kappa shape index (κ2) is 7.03. The van der Waals surface area contributed by atoms with Gasteiger partial charge < -0.3 is 10.1 Å². The molecule has 2 aromatic rings. The summed E-state index contributed by atoms with van der Waals surface area (Å²) in [5.74, 6) is -1.42. The fraction of sp³-hybridized carbons (Fsp3) is 0.273. The first-order chi connectivity index (χ1) is 13.5. The standard InChI is InChI=1S/C22H19NO5/c1-12(28-22(27)13-5-4-6-13)21(26)23-14-9-10-17-18(11-14)20(25)16-8-3-2-7-15(16)19(17)24/h2-3,7-13H,4-6H2,1H3,(H,23,26)/t12-/m1/s1. The largest absolute Gasteiger partial charge is 0.452 e. The van der Waals surface area contributed by atoms with Crippen molar-refractivity contribution in [3.63, 3.8) is 0 Å². The zero-order valence-electron chi connectivity index (χ0n) is 15.4. The van der Waals surface area contributed by atoms with Gasteiger partial charge in [-0.25, -0.2) is 0 Å². The number of carbonyl (C=O) groups excluding carboxylic acids is 4. The van der Waals surface area contributed by atoms with Crippen LogP contribution in [0.25, 0.3) is 0 Å². The van der Waals surface area contributed by atoms with Crippen LogP contribution in [-0.2, 0) is 14.3 Å². The summed E-state index contributed by atoms with van der Waals surface area (Å²) < 4.78 is 5.21. The topological polar surface area (TPSA) is 89.5 Å². The summed E-state index contributed by atoms with van der Waals surface area (Å²) in [4.78, 5) is 49.6. The monoisotopic (exact) mass is 377 g/mol. The Bertz CT molecular complexity index is 1010. The van der Waals surface area contributed by atoms with Crippen molar-refractivity contribution in [2.45, 2.75) is 32.3 Å². The van der Waals surface area contributed by atoms with E-state index in [9.17, 15) is 19.2 Å². The average Bonchev–Trinajstić information content (AvgIpc) is 2.64. The van der Waals surface area contributed by atoms with Crippen molar-refractivity contribution in [2.75, 3.05) is 5.32 Å². The zero-order chi connectivity index (χ0) is 19.8. The maximum absolute atomic E-state index is 12.8. The molecule has 6 heteroatoms. The molecule has 2 aromatic carbocycles. The number of nitrogens with one attached hydrogen (secondary N) is 1. The van der Waals surface area contributed by atoms with E-state index >= 15 is 0 Å². The highest BCUT2D eigenvalue weighted by atomic mass is 16.5. The van der Waals surface area contributed by atoms with E-state index in [1.807, 2.05) is 0 Å². The van der Waals surface area contributed by atoms with Crippen molar-refractivity contribution in [3.05, 3.63) is 64.7 Å². The minimum absolute atomic E-state index is 0.109. The number of rotatable bonds is 4. The molecule has 6 nitrogen and oxygen atoms in total. The van der Waals surface area contributed by atoms with Crippen LogP contribution in [0, 0.1) is 5.92 Å². The summed E-state index contributed by atoms with van der Waals surface area (Å²) in [5, 5.41) is 2.65. The zero-order valence-corrected chi connectivity index (χ0v) is 15.4. The minimum atomic E-state index is -0.942. The fourth-order valence-electron chi connectivity index (χ4n) is 3.39. The molecule has 142 valence electrons. The van der Waals surface area contributed by atoms with Gasteiger partial charge >= 0.3 is 5.97 Å². The first-order valence-electron chi connectivity index (χ1n) is 9.29. The van der Waals surface area contributed by atoms with Gasteiger partial charge in [0.15, 0.2) is 17.7 Å². The molecule has 1 atom stereocenters. The summed E-state index contributed by atoms with van der Waals surface area (Å²) in [5.41, 5.74) is 1.67. The van der Waals surface area contributed by atoms with Crippen molar-refractivity contribution < 1.29 is 23.9 Å². The second-order valence-electron chi connectivity index (χ2n) is 7.16. The molecule has 2 aliphatic carbocycles. The maximum atomic E-state index is 12.8. The van der Waals surface area contributed by atoms with Gasteiger partial charge in [-0.3, -0.25) is 19.2 Å².